The van der Waals surface area contributed by atoms with Gasteiger partial charge in [0.1, 0.15) is 12.4 Å². The molecule has 0 saturated carbocycles. The van der Waals surface area contributed by atoms with Crippen molar-refractivity contribution in [3.8, 4) is 0 Å². The second kappa shape index (κ2) is 12.4. The molecule has 8 nitrogen and oxygen atoms in total. The lowest BCUT2D eigenvalue weighted by Gasteiger charge is -2.12. The van der Waals surface area contributed by atoms with Crippen LogP contribution in [0.3, 0.4) is 0 Å². The molecule has 0 spiro atoms. The topological polar surface area (TPSA) is 85.6 Å². The molecule has 0 radical (unpaired) electrons. The third kappa shape index (κ3) is 7.87. The van der Waals surface area contributed by atoms with E-state index in [0.29, 0.717) is 19.3 Å². The Hall–Kier alpha value is -0.940. The Kier molecular flexibility index (Phi) is 11.0. The van der Waals surface area contributed by atoms with Gasteiger partial charge in [-0.1, -0.05) is 0 Å². The Balaban J connectivity index is 0.00000312. The van der Waals surface area contributed by atoms with E-state index in [1.165, 1.54) is 0 Å². The molecule has 1 aromatic rings. The first-order valence-corrected chi connectivity index (χ1v) is 8.77. The number of nitrogens with zero attached hydrogens (tertiary/aromatic N) is 4. The highest BCUT2D eigenvalue weighted by Crippen LogP contribution is 2.11. The van der Waals surface area contributed by atoms with Gasteiger partial charge in [-0.25, -0.2) is 4.99 Å². The average molecular weight is 466 g/mol. The molecule has 1 fully saturated rings. The maximum Gasteiger partial charge on any atom is 0.191 e. The molecule has 1 atom stereocenters. The van der Waals surface area contributed by atoms with Crippen LogP contribution in [0, 0.1) is 6.92 Å². The molecule has 1 aliphatic rings. The van der Waals surface area contributed by atoms with Crippen LogP contribution in [0.1, 0.15) is 37.8 Å². The molecule has 1 unspecified atom stereocenters. The van der Waals surface area contributed by atoms with E-state index in [2.05, 4.69) is 25.8 Å². The van der Waals surface area contributed by atoms with Crippen molar-refractivity contribution in [2.75, 3.05) is 32.9 Å². The van der Waals surface area contributed by atoms with Crippen LogP contribution in [0.4, 0.5) is 0 Å². The lowest BCUT2D eigenvalue weighted by atomic mass is 10.2. The number of aryl methyl sites for hydroxylation is 1. The number of hydrogen-bond donors (Lipinski definition) is 2. The van der Waals surface area contributed by atoms with Gasteiger partial charge in [0.15, 0.2) is 11.8 Å². The number of aliphatic imine (C=N–C) groups is 1. The standard InChI is InChI=1S/C16H30N6O2.HI/c1-4-17-16(19-11-15-21-20-13(2)22(15)3)18-8-6-9-23-12-14-7-5-10-24-14;/h14H,4-12H2,1-3H3,(H2,17,18,19);1H. The third-order valence-corrected chi connectivity index (χ3v) is 3.99. The highest BCUT2D eigenvalue weighted by atomic mass is 127. The summed E-state index contributed by atoms with van der Waals surface area (Å²) in [7, 11) is 1.95. The first-order valence-electron chi connectivity index (χ1n) is 8.77. The van der Waals surface area contributed by atoms with Crippen molar-refractivity contribution in [1.29, 1.82) is 0 Å². The van der Waals surface area contributed by atoms with Gasteiger partial charge in [0.2, 0.25) is 0 Å². The molecular formula is C16H31IN6O2. The Labute approximate surface area is 167 Å². The zero-order chi connectivity index (χ0) is 17.2. The molecular weight excluding hydrogens is 435 g/mol. The molecule has 0 aromatic carbocycles. The zero-order valence-electron chi connectivity index (χ0n) is 15.5. The second-order valence-corrected chi connectivity index (χ2v) is 5.91. The predicted molar refractivity (Wildman–Crippen MR) is 108 cm³/mol. The van der Waals surface area contributed by atoms with Gasteiger partial charge in [-0.15, -0.1) is 34.2 Å². The summed E-state index contributed by atoms with van der Waals surface area (Å²) < 4.78 is 13.1. The largest absolute Gasteiger partial charge is 0.379 e. The highest BCUT2D eigenvalue weighted by Gasteiger charge is 2.14. The van der Waals surface area contributed by atoms with Crippen molar-refractivity contribution < 1.29 is 9.47 Å². The molecule has 0 amide bonds. The maximum atomic E-state index is 5.66. The lowest BCUT2D eigenvalue weighted by molar-refractivity contribution is 0.0168. The van der Waals surface area contributed by atoms with Crippen molar-refractivity contribution in [2.24, 2.45) is 12.0 Å². The molecule has 0 aliphatic carbocycles. The second-order valence-electron chi connectivity index (χ2n) is 5.91. The number of nitrogens with one attached hydrogen (secondary N) is 2. The van der Waals surface area contributed by atoms with Crippen LogP contribution >= 0.6 is 24.0 Å². The van der Waals surface area contributed by atoms with Crippen molar-refractivity contribution in [3.05, 3.63) is 11.6 Å². The molecule has 2 rings (SSSR count). The molecule has 1 aliphatic heterocycles. The molecule has 2 heterocycles. The number of ether oxygens (including phenoxy) is 2. The summed E-state index contributed by atoms with van der Waals surface area (Å²) >= 11 is 0. The molecule has 9 heteroatoms. The van der Waals surface area contributed by atoms with E-state index in [-0.39, 0.29) is 24.0 Å². The van der Waals surface area contributed by atoms with E-state index in [1.807, 2.05) is 25.5 Å². The molecule has 1 saturated heterocycles. The minimum atomic E-state index is 0. The van der Waals surface area contributed by atoms with Gasteiger partial charge in [0.05, 0.1) is 12.7 Å². The normalized spacial score (nSPS) is 17.4. The van der Waals surface area contributed by atoms with Gasteiger partial charge in [-0.2, -0.15) is 0 Å². The number of aromatic nitrogens is 3. The molecule has 1 aromatic heterocycles. The smallest absolute Gasteiger partial charge is 0.191 e. The quantitative estimate of drug-likeness (QED) is 0.248. The van der Waals surface area contributed by atoms with Crippen molar-refractivity contribution >= 4 is 29.9 Å². The molecule has 0 bridgehead atoms. The van der Waals surface area contributed by atoms with Crippen LogP contribution in [0.15, 0.2) is 4.99 Å². The fourth-order valence-corrected chi connectivity index (χ4v) is 2.45. The summed E-state index contributed by atoms with van der Waals surface area (Å²) in [6.45, 7) is 8.43. The number of guanidine groups is 1. The van der Waals surface area contributed by atoms with Crippen molar-refractivity contribution in [2.45, 2.75) is 45.8 Å². The van der Waals surface area contributed by atoms with Crippen LogP contribution in [0.25, 0.3) is 0 Å². The summed E-state index contributed by atoms with van der Waals surface area (Å²) in [6.07, 6.45) is 3.51. The minimum absolute atomic E-state index is 0. The van der Waals surface area contributed by atoms with Crippen LogP contribution in [0.2, 0.25) is 0 Å². The van der Waals surface area contributed by atoms with E-state index in [1.54, 1.807) is 0 Å². The van der Waals surface area contributed by atoms with Gasteiger partial charge >= 0.3 is 0 Å². The van der Waals surface area contributed by atoms with Crippen molar-refractivity contribution in [1.82, 2.24) is 25.4 Å². The summed E-state index contributed by atoms with van der Waals surface area (Å²) in [4.78, 5) is 4.55. The van der Waals surface area contributed by atoms with Crippen LogP contribution in [0.5, 0.6) is 0 Å². The van der Waals surface area contributed by atoms with Crippen molar-refractivity contribution in [3.63, 3.8) is 0 Å². The summed E-state index contributed by atoms with van der Waals surface area (Å²) in [5, 5.41) is 14.7. The van der Waals surface area contributed by atoms with E-state index in [9.17, 15) is 0 Å². The van der Waals surface area contributed by atoms with Crippen LogP contribution in [-0.2, 0) is 23.1 Å². The zero-order valence-corrected chi connectivity index (χ0v) is 17.8. The van der Waals surface area contributed by atoms with Gasteiger partial charge < -0.3 is 24.7 Å². The van der Waals surface area contributed by atoms with Gasteiger partial charge in [0, 0.05) is 33.4 Å². The first-order chi connectivity index (χ1) is 11.7. The van der Waals surface area contributed by atoms with Gasteiger partial charge in [-0.3, -0.25) is 0 Å². The van der Waals surface area contributed by atoms with Crippen LogP contribution in [-0.4, -0.2) is 59.7 Å². The minimum Gasteiger partial charge on any atom is -0.379 e. The Bertz CT molecular complexity index is 517. The Morgan fingerprint density at radius 1 is 1.40 bits per heavy atom. The van der Waals surface area contributed by atoms with Crippen LogP contribution < -0.4 is 10.6 Å². The fourth-order valence-electron chi connectivity index (χ4n) is 2.45. The monoisotopic (exact) mass is 466 g/mol. The Morgan fingerprint density at radius 3 is 2.88 bits per heavy atom. The number of halogens is 1. The number of rotatable bonds is 9. The lowest BCUT2D eigenvalue weighted by Crippen LogP contribution is -2.38. The fraction of sp³-hybridized carbons (Fsp3) is 0.812. The van der Waals surface area contributed by atoms with E-state index < -0.39 is 0 Å². The van der Waals surface area contributed by atoms with Gasteiger partial charge in [0.25, 0.3) is 0 Å². The summed E-state index contributed by atoms with van der Waals surface area (Å²) in [5.41, 5.74) is 0. The summed E-state index contributed by atoms with van der Waals surface area (Å²) in [6, 6.07) is 0. The average Bonchev–Trinajstić information content (AvgIpc) is 3.20. The number of hydrogen-bond acceptors (Lipinski definition) is 5. The Morgan fingerprint density at radius 2 is 2.24 bits per heavy atom. The third-order valence-electron chi connectivity index (χ3n) is 3.99. The molecule has 2 N–H and O–H groups in total. The van der Waals surface area contributed by atoms with Gasteiger partial charge in [-0.05, 0) is 33.1 Å². The van der Waals surface area contributed by atoms with E-state index in [4.69, 9.17) is 9.47 Å². The summed E-state index contributed by atoms with van der Waals surface area (Å²) in [5.74, 6) is 2.53. The molecule has 144 valence electrons. The highest BCUT2D eigenvalue weighted by molar-refractivity contribution is 14.0. The maximum absolute atomic E-state index is 5.66. The SMILES string of the molecule is CCNC(=NCc1nnc(C)n1C)NCCCOCC1CCCO1.I. The van der Waals surface area contributed by atoms with E-state index >= 15 is 0 Å². The predicted octanol–water partition coefficient (Wildman–Crippen LogP) is 1.38. The first kappa shape index (κ1) is 22.1. The molecule has 25 heavy (non-hydrogen) atoms. The van der Waals surface area contributed by atoms with E-state index in [0.717, 1.165) is 63.2 Å².